The summed E-state index contributed by atoms with van der Waals surface area (Å²) in [5.41, 5.74) is 8.69. The van der Waals surface area contributed by atoms with Crippen LogP contribution in [0.4, 0.5) is 0 Å². The van der Waals surface area contributed by atoms with Gasteiger partial charge in [0.15, 0.2) is 0 Å². The standard InChI is InChI=1S/C30H34N4/c1-19-3-5-25(15-19)30-32-18-29(34-30)24-12-10-22(11-13-24)21-6-8-23(9-7-21)26-16-28(31-17-26)27-14-4-20(2)33-27/h6-13,17-20,25,27,33H,3-5,14-16H2,1-2H3,(H,32,34)/t19-,20-,25+,27-/m1/s1. The van der Waals surface area contributed by atoms with Crippen LogP contribution in [0.25, 0.3) is 28.0 Å². The second kappa shape index (κ2) is 8.99. The van der Waals surface area contributed by atoms with Crippen LogP contribution >= 0.6 is 0 Å². The number of H-pyrrole nitrogens is 1. The molecule has 174 valence electrons. The van der Waals surface area contributed by atoms with E-state index in [1.165, 1.54) is 65.6 Å². The van der Waals surface area contributed by atoms with Gasteiger partial charge in [-0.25, -0.2) is 4.98 Å². The van der Waals surface area contributed by atoms with Gasteiger partial charge in [-0.1, -0.05) is 55.5 Å². The molecule has 0 radical (unpaired) electrons. The maximum absolute atomic E-state index is 4.74. The Morgan fingerprint density at radius 1 is 0.794 bits per heavy atom. The lowest BCUT2D eigenvalue weighted by Gasteiger charge is -2.12. The fraction of sp³-hybridized carbons (Fsp3) is 0.400. The molecule has 0 bridgehead atoms. The van der Waals surface area contributed by atoms with Crippen LogP contribution in [0.5, 0.6) is 0 Å². The van der Waals surface area contributed by atoms with E-state index in [0.717, 1.165) is 23.9 Å². The molecule has 1 saturated carbocycles. The number of aromatic amines is 1. The molecule has 4 heteroatoms. The maximum Gasteiger partial charge on any atom is 0.109 e. The Morgan fingerprint density at radius 2 is 1.50 bits per heavy atom. The zero-order valence-corrected chi connectivity index (χ0v) is 20.2. The molecular formula is C30H34N4. The van der Waals surface area contributed by atoms with Gasteiger partial charge in [-0.3, -0.25) is 4.99 Å². The van der Waals surface area contributed by atoms with E-state index in [4.69, 9.17) is 9.98 Å². The molecule has 0 amide bonds. The molecule has 2 fully saturated rings. The van der Waals surface area contributed by atoms with E-state index >= 15 is 0 Å². The van der Waals surface area contributed by atoms with Crippen molar-refractivity contribution in [1.29, 1.82) is 0 Å². The molecule has 1 aromatic heterocycles. The Balaban J connectivity index is 1.11. The number of nitrogens with zero attached hydrogens (tertiary/aromatic N) is 2. The normalized spacial score (nSPS) is 26.6. The molecule has 6 rings (SSSR count). The lowest BCUT2D eigenvalue weighted by atomic mass is 9.96. The summed E-state index contributed by atoms with van der Waals surface area (Å²) in [5, 5.41) is 3.66. The number of hydrogen-bond donors (Lipinski definition) is 2. The van der Waals surface area contributed by atoms with Crippen LogP contribution in [-0.4, -0.2) is 27.8 Å². The summed E-state index contributed by atoms with van der Waals surface area (Å²) in [7, 11) is 0. The third kappa shape index (κ3) is 4.27. The van der Waals surface area contributed by atoms with Crippen LogP contribution in [0.3, 0.4) is 0 Å². The first kappa shape index (κ1) is 21.5. The highest BCUT2D eigenvalue weighted by molar-refractivity contribution is 6.01. The molecule has 2 aliphatic heterocycles. The minimum Gasteiger partial charge on any atom is -0.342 e. The largest absolute Gasteiger partial charge is 0.342 e. The second-order valence-corrected chi connectivity index (χ2v) is 10.6. The molecule has 0 unspecified atom stereocenters. The zero-order valence-electron chi connectivity index (χ0n) is 20.2. The van der Waals surface area contributed by atoms with Crippen molar-refractivity contribution >= 4 is 11.3 Å². The van der Waals surface area contributed by atoms with Gasteiger partial charge in [-0.2, -0.15) is 0 Å². The van der Waals surface area contributed by atoms with Gasteiger partial charge in [0.05, 0.1) is 11.9 Å². The fourth-order valence-corrected chi connectivity index (χ4v) is 5.89. The van der Waals surface area contributed by atoms with Gasteiger partial charge >= 0.3 is 0 Å². The fourth-order valence-electron chi connectivity index (χ4n) is 5.89. The summed E-state index contributed by atoms with van der Waals surface area (Å²) in [6.07, 6.45) is 11.3. The van der Waals surface area contributed by atoms with Crippen LogP contribution in [0.1, 0.15) is 69.7 Å². The number of benzene rings is 2. The molecule has 0 spiro atoms. The quantitative estimate of drug-likeness (QED) is 0.441. The Kier molecular flexibility index (Phi) is 5.70. The van der Waals surface area contributed by atoms with Crippen LogP contribution in [0.2, 0.25) is 0 Å². The third-order valence-corrected chi connectivity index (χ3v) is 8.00. The first-order chi connectivity index (χ1) is 16.6. The maximum atomic E-state index is 4.74. The predicted octanol–water partition coefficient (Wildman–Crippen LogP) is 6.97. The molecule has 1 saturated heterocycles. The number of imidazole rings is 1. The third-order valence-electron chi connectivity index (χ3n) is 8.00. The number of allylic oxidation sites excluding steroid dienone is 1. The van der Waals surface area contributed by atoms with Crippen LogP contribution < -0.4 is 5.32 Å². The van der Waals surface area contributed by atoms with Gasteiger partial charge in [-0.15, -0.1) is 0 Å². The SMILES string of the molecule is C[C@@H]1CC[C@H](c2ncc(-c3ccc(-c4ccc(C5=CN=C([C@H]6CC[C@@H](C)N6)C5)cc4)cc3)[nH]2)C1. The Morgan fingerprint density at radius 3 is 2.15 bits per heavy atom. The van der Waals surface area contributed by atoms with E-state index in [2.05, 4.69) is 78.9 Å². The van der Waals surface area contributed by atoms with Crippen molar-refractivity contribution in [3.63, 3.8) is 0 Å². The van der Waals surface area contributed by atoms with Gasteiger partial charge in [0.1, 0.15) is 5.82 Å². The molecule has 34 heavy (non-hydrogen) atoms. The minimum absolute atomic E-state index is 0.453. The molecule has 3 aromatic rings. The van der Waals surface area contributed by atoms with E-state index in [-0.39, 0.29) is 0 Å². The second-order valence-electron chi connectivity index (χ2n) is 10.6. The first-order valence-electron chi connectivity index (χ1n) is 12.9. The summed E-state index contributed by atoms with van der Waals surface area (Å²) < 4.78 is 0. The van der Waals surface area contributed by atoms with E-state index in [1.54, 1.807) is 0 Å². The Bertz CT molecular complexity index is 1220. The van der Waals surface area contributed by atoms with Crippen molar-refractivity contribution < 1.29 is 0 Å². The van der Waals surface area contributed by atoms with E-state index < -0.39 is 0 Å². The van der Waals surface area contributed by atoms with Crippen molar-refractivity contribution in [3.05, 3.63) is 72.3 Å². The monoisotopic (exact) mass is 450 g/mol. The zero-order chi connectivity index (χ0) is 23.1. The molecule has 2 aromatic carbocycles. The van der Waals surface area contributed by atoms with Crippen molar-refractivity contribution in [1.82, 2.24) is 15.3 Å². The van der Waals surface area contributed by atoms with Crippen LogP contribution in [0.15, 0.2) is 65.9 Å². The number of rotatable bonds is 5. The summed E-state index contributed by atoms with van der Waals surface area (Å²) >= 11 is 0. The molecule has 2 N–H and O–H groups in total. The van der Waals surface area contributed by atoms with Gasteiger partial charge in [0.2, 0.25) is 0 Å². The van der Waals surface area contributed by atoms with Crippen molar-refractivity contribution in [3.8, 4) is 22.4 Å². The van der Waals surface area contributed by atoms with Crippen LogP contribution in [0, 0.1) is 5.92 Å². The lowest BCUT2D eigenvalue weighted by Crippen LogP contribution is -2.33. The van der Waals surface area contributed by atoms with Crippen LogP contribution in [-0.2, 0) is 0 Å². The van der Waals surface area contributed by atoms with E-state index in [9.17, 15) is 0 Å². The highest BCUT2D eigenvalue weighted by atomic mass is 15.0. The number of hydrogen-bond acceptors (Lipinski definition) is 3. The number of aliphatic imine (C=N–C) groups is 1. The summed E-state index contributed by atoms with van der Waals surface area (Å²) in [5.74, 6) is 2.57. The highest BCUT2D eigenvalue weighted by Crippen LogP contribution is 2.37. The average molecular weight is 451 g/mol. The number of nitrogens with one attached hydrogen (secondary N) is 2. The number of aromatic nitrogens is 2. The first-order valence-corrected chi connectivity index (χ1v) is 12.9. The molecule has 4 atom stereocenters. The molecule has 1 aliphatic carbocycles. The van der Waals surface area contributed by atoms with E-state index in [1.807, 2.05) is 6.20 Å². The van der Waals surface area contributed by atoms with Crippen molar-refractivity contribution in [2.75, 3.05) is 0 Å². The minimum atomic E-state index is 0.453. The Hall–Kier alpha value is -2.98. The summed E-state index contributed by atoms with van der Waals surface area (Å²) in [6, 6.07) is 18.8. The molecule has 3 heterocycles. The highest BCUT2D eigenvalue weighted by Gasteiger charge is 2.27. The van der Waals surface area contributed by atoms with Gasteiger partial charge in [0.25, 0.3) is 0 Å². The smallest absolute Gasteiger partial charge is 0.109 e. The van der Waals surface area contributed by atoms with E-state index in [0.29, 0.717) is 18.0 Å². The molecule has 3 aliphatic rings. The average Bonchev–Trinajstić information content (AvgIpc) is 3.66. The Labute approximate surface area is 202 Å². The van der Waals surface area contributed by atoms with Gasteiger partial charge in [-0.05, 0) is 72.8 Å². The molecular weight excluding hydrogens is 416 g/mol. The van der Waals surface area contributed by atoms with Gasteiger partial charge < -0.3 is 10.3 Å². The van der Waals surface area contributed by atoms with Crippen molar-refractivity contribution in [2.45, 2.75) is 70.4 Å². The lowest BCUT2D eigenvalue weighted by molar-refractivity contribution is 0.588. The predicted molar refractivity (Wildman–Crippen MR) is 141 cm³/mol. The molecule has 4 nitrogen and oxygen atoms in total. The topological polar surface area (TPSA) is 53.1 Å². The summed E-state index contributed by atoms with van der Waals surface area (Å²) in [6.45, 7) is 4.61. The van der Waals surface area contributed by atoms with Gasteiger partial charge in [0, 0.05) is 36.3 Å². The van der Waals surface area contributed by atoms with Crippen molar-refractivity contribution in [2.24, 2.45) is 10.9 Å². The summed E-state index contributed by atoms with van der Waals surface area (Å²) in [4.78, 5) is 13.0.